The van der Waals surface area contributed by atoms with Gasteiger partial charge in [0.25, 0.3) is 0 Å². The molecule has 0 spiro atoms. The number of imidazole rings is 1. The van der Waals surface area contributed by atoms with Crippen LogP contribution in [0.2, 0.25) is 0 Å². The van der Waals surface area contributed by atoms with E-state index in [0.29, 0.717) is 23.7 Å². The summed E-state index contributed by atoms with van der Waals surface area (Å²) in [6.07, 6.45) is 5.18. The number of likely N-dealkylation sites (tertiary alicyclic amines) is 1. The lowest BCUT2D eigenvalue weighted by Gasteiger charge is -2.23. The van der Waals surface area contributed by atoms with Crippen molar-refractivity contribution < 1.29 is 9.18 Å². The van der Waals surface area contributed by atoms with Gasteiger partial charge in [-0.1, -0.05) is 25.0 Å². The lowest BCUT2D eigenvalue weighted by molar-refractivity contribution is -0.129. The normalized spacial score (nSPS) is 21.8. The van der Waals surface area contributed by atoms with E-state index in [4.69, 9.17) is 0 Å². The van der Waals surface area contributed by atoms with Crippen molar-refractivity contribution >= 4 is 5.91 Å². The van der Waals surface area contributed by atoms with Crippen LogP contribution in [0, 0.1) is 12.7 Å². The molecular formula is C19H22FN3O. The first-order chi connectivity index (χ1) is 11.6. The molecular weight excluding hydrogens is 305 g/mol. The number of nitrogens with one attached hydrogen (secondary N) is 1. The van der Waals surface area contributed by atoms with Crippen molar-refractivity contribution in [3.8, 4) is 11.3 Å². The second-order valence-electron chi connectivity index (χ2n) is 6.96. The van der Waals surface area contributed by atoms with Crippen molar-refractivity contribution in [1.82, 2.24) is 14.9 Å². The van der Waals surface area contributed by atoms with Gasteiger partial charge in [-0.25, -0.2) is 9.37 Å². The van der Waals surface area contributed by atoms with Crippen LogP contribution in [0.3, 0.4) is 0 Å². The van der Waals surface area contributed by atoms with Crippen LogP contribution in [-0.4, -0.2) is 33.4 Å². The molecule has 2 fully saturated rings. The minimum absolute atomic E-state index is 0.0809. The molecule has 4 rings (SSSR count). The topological polar surface area (TPSA) is 49.0 Å². The van der Waals surface area contributed by atoms with Crippen LogP contribution in [-0.2, 0) is 4.79 Å². The molecule has 24 heavy (non-hydrogen) atoms. The number of carbonyl (C=O) groups excluding carboxylic acids is 1. The van der Waals surface area contributed by atoms with Gasteiger partial charge in [0.15, 0.2) is 0 Å². The predicted octanol–water partition coefficient (Wildman–Crippen LogP) is 3.78. The molecule has 1 aromatic heterocycles. The second kappa shape index (κ2) is 6.04. The fraction of sp³-hybridized carbons (Fsp3) is 0.474. The Morgan fingerprint density at radius 3 is 2.75 bits per heavy atom. The van der Waals surface area contributed by atoms with Crippen molar-refractivity contribution in [2.75, 3.05) is 6.54 Å². The van der Waals surface area contributed by atoms with Crippen LogP contribution in [0.25, 0.3) is 11.3 Å². The summed E-state index contributed by atoms with van der Waals surface area (Å²) in [5.41, 5.74) is 2.01. The van der Waals surface area contributed by atoms with Gasteiger partial charge in [-0.15, -0.1) is 0 Å². The quantitative estimate of drug-likeness (QED) is 0.932. The van der Waals surface area contributed by atoms with Gasteiger partial charge in [0, 0.05) is 36.2 Å². The molecule has 1 aliphatic carbocycles. The molecule has 1 N–H and O–H groups in total. The molecule has 2 aliphatic rings. The molecule has 1 aliphatic heterocycles. The first-order valence-electron chi connectivity index (χ1n) is 8.74. The highest BCUT2D eigenvalue weighted by atomic mass is 19.1. The molecule has 2 aromatic rings. The third kappa shape index (κ3) is 2.62. The molecule has 1 unspecified atom stereocenters. The third-order valence-electron chi connectivity index (χ3n) is 5.34. The highest BCUT2D eigenvalue weighted by Crippen LogP contribution is 2.34. The third-order valence-corrected chi connectivity index (χ3v) is 5.34. The van der Waals surface area contributed by atoms with Crippen molar-refractivity contribution in [1.29, 1.82) is 0 Å². The molecule has 1 aromatic carbocycles. The van der Waals surface area contributed by atoms with Crippen LogP contribution in [0.15, 0.2) is 24.3 Å². The monoisotopic (exact) mass is 327 g/mol. The Kier molecular flexibility index (Phi) is 3.87. The standard InChI is InChI=1S/C19H22FN3O/c1-12-18(15-8-4-5-9-16(15)20)22-19(21-12)13-10-17(24)23(11-13)14-6-2-3-7-14/h4-5,8-9,13-14H,2-3,6-7,10-11H2,1H3,(H,21,22). The molecule has 1 saturated carbocycles. The number of amides is 1. The maximum absolute atomic E-state index is 14.1. The summed E-state index contributed by atoms with van der Waals surface area (Å²) in [5, 5.41) is 0. The van der Waals surface area contributed by atoms with Crippen LogP contribution < -0.4 is 0 Å². The van der Waals surface area contributed by atoms with Gasteiger partial charge in [-0.05, 0) is 31.9 Å². The first kappa shape index (κ1) is 15.4. The van der Waals surface area contributed by atoms with Gasteiger partial charge in [-0.2, -0.15) is 0 Å². The Hall–Kier alpha value is -2.17. The van der Waals surface area contributed by atoms with E-state index in [1.165, 1.54) is 18.9 Å². The number of hydrogen-bond acceptors (Lipinski definition) is 2. The number of aromatic amines is 1. The van der Waals surface area contributed by atoms with E-state index < -0.39 is 0 Å². The van der Waals surface area contributed by atoms with Crippen molar-refractivity contribution in [3.05, 3.63) is 41.6 Å². The second-order valence-corrected chi connectivity index (χ2v) is 6.96. The number of aromatic nitrogens is 2. The Morgan fingerprint density at radius 1 is 1.25 bits per heavy atom. The molecule has 2 heterocycles. The van der Waals surface area contributed by atoms with Gasteiger partial charge < -0.3 is 9.88 Å². The van der Waals surface area contributed by atoms with Gasteiger partial charge in [0.05, 0.1) is 5.69 Å². The molecule has 1 atom stereocenters. The van der Waals surface area contributed by atoms with E-state index in [1.807, 2.05) is 17.9 Å². The Balaban J connectivity index is 1.59. The fourth-order valence-corrected chi connectivity index (χ4v) is 4.08. The van der Waals surface area contributed by atoms with E-state index in [1.54, 1.807) is 12.1 Å². The number of H-pyrrole nitrogens is 1. The van der Waals surface area contributed by atoms with Crippen molar-refractivity contribution in [2.24, 2.45) is 0 Å². The number of carbonyl (C=O) groups is 1. The fourth-order valence-electron chi connectivity index (χ4n) is 4.08. The summed E-state index contributed by atoms with van der Waals surface area (Å²) in [7, 11) is 0. The zero-order valence-electron chi connectivity index (χ0n) is 13.9. The summed E-state index contributed by atoms with van der Waals surface area (Å²) in [4.78, 5) is 22.4. The van der Waals surface area contributed by atoms with Crippen LogP contribution >= 0.6 is 0 Å². The number of aryl methyl sites for hydroxylation is 1. The summed E-state index contributed by atoms with van der Waals surface area (Å²) >= 11 is 0. The zero-order chi connectivity index (χ0) is 16.7. The maximum atomic E-state index is 14.1. The van der Waals surface area contributed by atoms with Crippen LogP contribution in [0.5, 0.6) is 0 Å². The van der Waals surface area contributed by atoms with Crippen LogP contribution in [0.4, 0.5) is 4.39 Å². The Bertz CT molecular complexity index is 764. The average molecular weight is 327 g/mol. The maximum Gasteiger partial charge on any atom is 0.223 e. The van der Waals surface area contributed by atoms with E-state index in [2.05, 4.69) is 9.97 Å². The van der Waals surface area contributed by atoms with E-state index in [0.717, 1.165) is 30.9 Å². The molecule has 126 valence electrons. The highest BCUT2D eigenvalue weighted by Gasteiger charge is 2.37. The van der Waals surface area contributed by atoms with E-state index in [-0.39, 0.29) is 17.6 Å². The number of halogens is 1. The predicted molar refractivity (Wildman–Crippen MR) is 90.0 cm³/mol. The smallest absolute Gasteiger partial charge is 0.223 e. The largest absolute Gasteiger partial charge is 0.345 e. The number of rotatable bonds is 3. The lowest BCUT2D eigenvalue weighted by Crippen LogP contribution is -2.34. The SMILES string of the molecule is Cc1[nH]c(C2CC(=O)N(C3CCCC3)C2)nc1-c1ccccc1F. The van der Waals surface area contributed by atoms with Crippen molar-refractivity contribution in [2.45, 2.75) is 51.0 Å². The molecule has 0 bridgehead atoms. The molecule has 4 nitrogen and oxygen atoms in total. The molecule has 1 saturated heterocycles. The summed E-state index contributed by atoms with van der Waals surface area (Å²) in [5.74, 6) is 0.846. The van der Waals surface area contributed by atoms with Gasteiger partial charge in [0.1, 0.15) is 11.6 Å². The van der Waals surface area contributed by atoms with Crippen LogP contribution in [0.1, 0.15) is 49.5 Å². The Labute approximate surface area is 141 Å². The average Bonchev–Trinajstić information content (AvgIpc) is 3.27. The van der Waals surface area contributed by atoms with Crippen molar-refractivity contribution in [3.63, 3.8) is 0 Å². The summed E-state index contributed by atoms with van der Waals surface area (Å²) in [6.45, 7) is 2.64. The minimum atomic E-state index is -0.270. The number of nitrogens with zero attached hydrogens (tertiary/aromatic N) is 2. The molecule has 1 amide bonds. The molecule has 5 heteroatoms. The first-order valence-corrected chi connectivity index (χ1v) is 8.74. The van der Waals surface area contributed by atoms with Gasteiger partial charge >= 0.3 is 0 Å². The van der Waals surface area contributed by atoms with E-state index >= 15 is 0 Å². The lowest BCUT2D eigenvalue weighted by atomic mass is 10.1. The minimum Gasteiger partial charge on any atom is -0.345 e. The van der Waals surface area contributed by atoms with E-state index in [9.17, 15) is 9.18 Å². The highest BCUT2D eigenvalue weighted by molar-refractivity contribution is 5.80. The number of hydrogen-bond donors (Lipinski definition) is 1. The van der Waals surface area contributed by atoms with Gasteiger partial charge in [0.2, 0.25) is 5.91 Å². The summed E-state index contributed by atoms with van der Waals surface area (Å²) in [6, 6.07) is 7.09. The summed E-state index contributed by atoms with van der Waals surface area (Å²) < 4.78 is 14.1. The number of benzene rings is 1. The van der Waals surface area contributed by atoms with Gasteiger partial charge in [-0.3, -0.25) is 4.79 Å². The zero-order valence-corrected chi connectivity index (χ0v) is 13.9. The Morgan fingerprint density at radius 2 is 2.00 bits per heavy atom. The molecule has 0 radical (unpaired) electrons.